The van der Waals surface area contributed by atoms with Crippen LogP contribution in [0.25, 0.3) is 0 Å². The standard InChI is InChI=1S/C31H34O8/c1-16(2)12-13-39-22-15-21(32)19(27(35)23(22)26(34)18-10-8-7-9-11-18)14-20-28(36)24(25(33)17(3)4)30(38)31(5,6)29(20)37/h7-12,15,17,32,35,37-38H,13-14H2,1-6H3. The first-order valence-corrected chi connectivity index (χ1v) is 12.6. The van der Waals surface area contributed by atoms with Crippen LogP contribution in [0.4, 0.5) is 0 Å². The molecule has 0 saturated heterocycles. The van der Waals surface area contributed by atoms with E-state index in [-0.39, 0.29) is 34.6 Å². The highest BCUT2D eigenvalue weighted by atomic mass is 16.5. The summed E-state index contributed by atoms with van der Waals surface area (Å²) < 4.78 is 5.73. The number of phenols is 2. The number of ether oxygens (including phenoxy) is 1. The summed E-state index contributed by atoms with van der Waals surface area (Å²) in [6.07, 6.45) is 1.24. The lowest BCUT2D eigenvalue weighted by Gasteiger charge is -2.32. The van der Waals surface area contributed by atoms with Gasteiger partial charge in [0.05, 0.1) is 5.41 Å². The van der Waals surface area contributed by atoms with Crippen molar-refractivity contribution in [2.45, 2.75) is 48.0 Å². The number of allylic oxidation sites excluding steroid dienone is 3. The van der Waals surface area contributed by atoms with Crippen LogP contribution in [0.2, 0.25) is 0 Å². The first-order valence-electron chi connectivity index (χ1n) is 12.6. The number of hydrogen-bond donors (Lipinski definition) is 4. The van der Waals surface area contributed by atoms with E-state index in [2.05, 4.69) is 0 Å². The van der Waals surface area contributed by atoms with Crippen LogP contribution in [0.3, 0.4) is 0 Å². The number of carbonyl (C=O) groups excluding carboxylic acids is 3. The summed E-state index contributed by atoms with van der Waals surface area (Å²) in [5, 5.41) is 43.9. The minimum Gasteiger partial charge on any atom is -0.511 e. The van der Waals surface area contributed by atoms with E-state index in [0.29, 0.717) is 0 Å². The Balaban J connectivity index is 2.19. The minimum absolute atomic E-state index is 0.0678. The highest BCUT2D eigenvalue weighted by molar-refractivity contribution is 6.28. The fourth-order valence-electron chi connectivity index (χ4n) is 4.24. The van der Waals surface area contributed by atoms with Gasteiger partial charge in [0.15, 0.2) is 11.6 Å². The number of rotatable bonds is 9. The van der Waals surface area contributed by atoms with Gasteiger partial charge >= 0.3 is 0 Å². The van der Waals surface area contributed by atoms with Crippen LogP contribution in [-0.2, 0) is 16.0 Å². The van der Waals surface area contributed by atoms with E-state index in [9.17, 15) is 34.8 Å². The van der Waals surface area contributed by atoms with Crippen molar-refractivity contribution in [1.82, 2.24) is 0 Å². The number of Topliss-reactive ketones (excluding diaryl/α,β-unsaturated/α-hetero) is 2. The van der Waals surface area contributed by atoms with E-state index in [0.717, 1.165) is 5.57 Å². The molecule has 0 amide bonds. The Labute approximate surface area is 227 Å². The molecule has 2 aromatic rings. The van der Waals surface area contributed by atoms with E-state index in [1.807, 2.05) is 13.8 Å². The molecule has 0 fully saturated rings. The molecule has 0 heterocycles. The van der Waals surface area contributed by atoms with Gasteiger partial charge in [0, 0.05) is 35.1 Å². The number of benzene rings is 2. The Kier molecular flexibility index (Phi) is 8.39. The first-order chi connectivity index (χ1) is 18.2. The van der Waals surface area contributed by atoms with Crippen LogP contribution < -0.4 is 4.74 Å². The molecule has 1 aliphatic carbocycles. The van der Waals surface area contributed by atoms with E-state index in [1.165, 1.54) is 19.9 Å². The van der Waals surface area contributed by atoms with Gasteiger partial charge in [-0.3, -0.25) is 14.4 Å². The van der Waals surface area contributed by atoms with Crippen molar-refractivity contribution in [3.63, 3.8) is 0 Å². The molecular weight excluding hydrogens is 500 g/mol. The summed E-state index contributed by atoms with van der Waals surface area (Å²) in [7, 11) is 0. The number of ketones is 3. The molecule has 0 spiro atoms. The van der Waals surface area contributed by atoms with Gasteiger partial charge in [-0.2, -0.15) is 0 Å². The van der Waals surface area contributed by atoms with Crippen LogP contribution in [-0.4, -0.2) is 44.4 Å². The quantitative estimate of drug-likeness (QED) is 0.183. The Morgan fingerprint density at radius 2 is 1.62 bits per heavy atom. The largest absolute Gasteiger partial charge is 0.511 e. The fourth-order valence-corrected chi connectivity index (χ4v) is 4.24. The van der Waals surface area contributed by atoms with Gasteiger partial charge in [-0.1, -0.05) is 49.8 Å². The van der Waals surface area contributed by atoms with Crippen molar-refractivity contribution in [3.05, 3.63) is 87.4 Å². The second-order valence-corrected chi connectivity index (χ2v) is 10.6. The van der Waals surface area contributed by atoms with Gasteiger partial charge in [-0.15, -0.1) is 0 Å². The Bertz CT molecular complexity index is 1420. The Morgan fingerprint density at radius 1 is 1.00 bits per heavy atom. The zero-order valence-electron chi connectivity index (χ0n) is 23.0. The summed E-state index contributed by atoms with van der Waals surface area (Å²) in [6, 6.07) is 9.35. The van der Waals surface area contributed by atoms with Crippen molar-refractivity contribution in [2.75, 3.05) is 6.61 Å². The first kappa shape index (κ1) is 29.2. The lowest BCUT2D eigenvalue weighted by molar-refractivity contribution is -0.122. The van der Waals surface area contributed by atoms with Crippen molar-refractivity contribution >= 4 is 17.3 Å². The zero-order chi connectivity index (χ0) is 29.2. The predicted molar refractivity (Wildman–Crippen MR) is 146 cm³/mol. The summed E-state index contributed by atoms with van der Waals surface area (Å²) in [6.45, 7) is 9.85. The van der Waals surface area contributed by atoms with Gasteiger partial charge in [0.1, 0.15) is 46.5 Å². The van der Waals surface area contributed by atoms with Crippen molar-refractivity contribution in [2.24, 2.45) is 11.3 Å². The molecule has 0 unspecified atom stereocenters. The number of phenolic OH excluding ortho intramolecular Hbond substituents is 2. The highest BCUT2D eigenvalue weighted by Crippen LogP contribution is 2.45. The van der Waals surface area contributed by atoms with Gasteiger partial charge in [-0.05, 0) is 33.8 Å². The van der Waals surface area contributed by atoms with Gasteiger partial charge in [0.25, 0.3) is 0 Å². The number of carbonyl (C=O) groups is 3. The van der Waals surface area contributed by atoms with Crippen LogP contribution >= 0.6 is 0 Å². The van der Waals surface area contributed by atoms with Crippen LogP contribution in [0.5, 0.6) is 17.2 Å². The van der Waals surface area contributed by atoms with Crippen molar-refractivity contribution < 1.29 is 39.5 Å². The van der Waals surface area contributed by atoms with E-state index < -0.39 is 63.7 Å². The average Bonchev–Trinajstić information content (AvgIpc) is 2.87. The summed E-state index contributed by atoms with van der Waals surface area (Å²) >= 11 is 0. The third-order valence-electron chi connectivity index (χ3n) is 6.67. The SMILES string of the molecule is CC(C)=CCOc1cc(O)c(CC2=C(O)C(C)(C)C(O)=C(C(=O)C(C)C)C2=O)c(O)c1C(=O)c1ccccc1. The molecule has 0 aliphatic heterocycles. The molecule has 3 rings (SSSR count). The zero-order valence-corrected chi connectivity index (χ0v) is 23.0. The topological polar surface area (TPSA) is 141 Å². The third kappa shape index (κ3) is 5.60. The Hall–Kier alpha value is -4.33. The number of aliphatic hydroxyl groups is 2. The molecular formula is C31H34O8. The summed E-state index contributed by atoms with van der Waals surface area (Å²) in [4.78, 5) is 39.7. The van der Waals surface area contributed by atoms with Crippen molar-refractivity contribution in [3.8, 4) is 17.2 Å². The Morgan fingerprint density at radius 3 is 2.18 bits per heavy atom. The highest BCUT2D eigenvalue weighted by Gasteiger charge is 2.44. The molecule has 0 radical (unpaired) electrons. The maximum atomic E-state index is 13.5. The van der Waals surface area contributed by atoms with Gasteiger partial charge < -0.3 is 25.2 Å². The minimum atomic E-state index is -1.48. The van der Waals surface area contributed by atoms with Crippen molar-refractivity contribution in [1.29, 1.82) is 0 Å². The molecule has 4 N–H and O–H groups in total. The lowest BCUT2D eigenvalue weighted by atomic mass is 9.73. The molecule has 0 aromatic heterocycles. The maximum absolute atomic E-state index is 13.5. The molecule has 1 aliphatic rings. The van der Waals surface area contributed by atoms with Gasteiger partial charge in [0.2, 0.25) is 5.78 Å². The maximum Gasteiger partial charge on any atom is 0.200 e. The normalized spacial score (nSPS) is 15.0. The number of aromatic hydroxyl groups is 2. The molecule has 206 valence electrons. The average molecular weight is 535 g/mol. The number of hydrogen-bond acceptors (Lipinski definition) is 8. The summed E-state index contributed by atoms with van der Waals surface area (Å²) in [5.41, 5.74) is -1.45. The third-order valence-corrected chi connectivity index (χ3v) is 6.67. The smallest absolute Gasteiger partial charge is 0.200 e. The van der Waals surface area contributed by atoms with Crippen LogP contribution in [0.15, 0.2) is 70.7 Å². The lowest BCUT2D eigenvalue weighted by Crippen LogP contribution is -2.34. The second-order valence-electron chi connectivity index (χ2n) is 10.6. The van der Waals surface area contributed by atoms with E-state index in [4.69, 9.17) is 4.74 Å². The summed E-state index contributed by atoms with van der Waals surface area (Å²) in [5.74, 6) is -4.95. The van der Waals surface area contributed by atoms with Gasteiger partial charge in [-0.25, -0.2) is 0 Å². The van der Waals surface area contributed by atoms with E-state index >= 15 is 0 Å². The molecule has 2 aromatic carbocycles. The van der Waals surface area contributed by atoms with E-state index in [1.54, 1.807) is 50.3 Å². The monoisotopic (exact) mass is 534 g/mol. The number of aliphatic hydroxyl groups excluding tert-OH is 2. The second kappa shape index (κ2) is 11.2. The molecule has 0 bridgehead atoms. The predicted octanol–water partition coefficient (Wildman–Crippen LogP) is 5.67. The van der Waals surface area contributed by atoms with Crippen LogP contribution in [0.1, 0.15) is 63.0 Å². The van der Waals surface area contributed by atoms with Crippen LogP contribution in [0, 0.1) is 11.3 Å². The molecule has 0 atom stereocenters. The fraction of sp³-hybridized carbons (Fsp3) is 0.323. The molecule has 39 heavy (non-hydrogen) atoms. The molecule has 8 heteroatoms. The molecule has 8 nitrogen and oxygen atoms in total. The molecule has 0 saturated carbocycles.